The summed E-state index contributed by atoms with van der Waals surface area (Å²) in [6.07, 6.45) is 4.02. The lowest BCUT2D eigenvalue weighted by atomic mass is 10.2. The molecule has 0 aliphatic carbocycles. The van der Waals surface area contributed by atoms with Crippen molar-refractivity contribution in [1.82, 2.24) is 19.7 Å². The van der Waals surface area contributed by atoms with E-state index in [0.29, 0.717) is 6.54 Å². The lowest BCUT2D eigenvalue weighted by Crippen LogP contribution is -2.33. The highest BCUT2D eigenvalue weighted by atomic mass is 32.2. The number of benzene rings is 2. The van der Waals surface area contributed by atoms with Gasteiger partial charge in [-0.05, 0) is 62.0 Å². The first-order valence-corrected chi connectivity index (χ1v) is 11.2. The summed E-state index contributed by atoms with van der Waals surface area (Å²) in [5, 5.41) is 12.5. The van der Waals surface area contributed by atoms with Gasteiger partial charge in [0.2, 0.25) is 5.91 Å². The third-order valence-corrected chi connectivity index (χ3v) is 5.90. The van der Waals surface area contributed by atoms with Crippen LogP contribution in [0.3, 0.4) is 0 Å². The quantitative estimate of drug-likeness (QED) is 0.577. The molecular weight excluding hydrogens is 398 g/mol. The highest BCUT2D eigenvalue weighted by Crippen LogP contribution is 2.31. The molecule has 1 amide bonds. The van der Waals surface area contributed by atoms with Gasteiger partial charge in [0.1, 0.15) is 11.5 Å². The topological polar surface area (TPSA) is 72.3 Å². The van der Waals surface area contributed by atoms with E-state index < -0.39 is 0 Å². The lowest BCUT2D eigenvalue weighted by molar-refractivity contribution is -0.117. The number of carbonyl (C=O) groups is 1. The molecule has 1 fully saturated rings. The Bertz CT molecular complexity index is 991. The molecule has 2 heterocycles. The molecule has 156 valence electrons. The first-order chi connectivity index (χ1) is 14.6. The van der Waals surface area contributed by atoms with Gasteiger partial charge in [0.05, 0.1) is 12.6 Å². The van der Waals surface area contributed by atoms with Gasteiger partial charge in [-0.25, -0.2) is 0 Å². The second kappa shape index (κ2) is 9.32. The third kappa shape index (κ3) is 4.66. The number of anilines is 1. The van der Waals surface area contributed by atoms with E-state index in [2.05, 4.69) is 20.4 Å². The lowest BCUT2D eigenvalue weighted by Gasteiger charge is -2.23. The van der Waals surface area contributed by atoms with E-state index in [1.165, 1.54) is 0 Å². The fraction of sp³-hybridized carbons (Fsp3) is 0.318. The number of nitrogens with one attached hydrogen (secondary N) is 1. The highest BCUT2D eigenvalue weighted by Gasteiger charge is 2.31. The van der Waals surface area contributed by atoms with Gasteiger partial charge >= 0.3 is 0 Å². The standard InChI is InChI=1S/C22H25N5O2S/c1-26-21(24-25-22(26)30-2)19-9-6-14-27(19)15-20(28)23-16-10-12-18(13-11-16)29-17-7-4-3-5-8-17/h3-5,7-8,10-13,19H,6,9,14-15H2,1-2H3,(H,23,28)/t19-/m1/s1. The maximum atomic E-state index is 12.6. The van der Waals surface area contributed by atoms with E-state index in [0.717, 1.165) is 47.6 Å². The first-order valence-electron chi connectivity index (χ1n) is 9.94. The van der Waals surface area contributed by atoms with Gasteiger partial charge in [0.15, 0.2) is 11.0 Å². The second-order valence-electron chi connectivity index (χ2n) is 7.22. The number of hydrogen-bond donors (Lipinski definition) is 1. The zero-order valence-corrected chi connectivity index (χ0v) is 17.9. The highest BCUT2D eigenvalue weighted by molar-refractivity contribution is 7.98. The van der Waals surface area contributed by atoms with Gasteiger partial charge < -0.3 is 14.6 Å². The van der Waals surface area contributed by atoms with Crippen molar-refractivity contribution in [1.29, 1.82) is 0 Å². The molecule has 1 saturated heterocycles. The number of thioether (sulfide) groups is 1. The van der Waals surface area contributed by atoms with Crippen LogP contribution in [0.15, 0.2) is 59.8 Å². The van der Waals surface area contributed by atoms with Crippen LogP contribution in [-0.4, -0.2) is 44.9 Å². The molecule has 4 rings (SSSR count). The predicted octanol–water partition coefficient (Wildman–Crippen LogP) is 4.10. The monoisotopic (exact) mass is 423 g/mol. The van der Waals surface area contributed by atoms with E-state index >= 15 is 0 Å². The van der Waals surface area contributed by atoms with Crippen LogP contribution in [0, 0.1) is 0 Å². The van der Waals surface area contributed by atoms with Gasteiger partial charge in [0.25, 0.3) is 0 Å². The minimum absolute atomic E-state index is 0.0362. The Morgan fingerprint density at radius 3 is 2.57 bits per heavy atom. The van der Waals surface area contributed by atoms with Gasteiger partial charge in [-0.3, -0.25) is 9.69 Å². The number of aromatic nitrogens is 3. The van der Waals surface area contributed by atoms with Crippen molar-refractivity contribution in [3.8, 4) is 11.5 Å². The maximum absolute atomic E-state index is 12.6. The third-order valence-electron chi connectivity index (χ3n) is 5.18. The Labute approximate surface area is 180 Å². The van der Waals surface area contributed by atoms with Crippen LogP contribution in [0.4, 0.5) is 5.69 Å². The number of rotatable bonds is 7. The van der Waals surface area contributed by atoms with Gasteiger partial charge in [-0.2, -0.15) is 0 Å². The van der Waals surface area contributed by atoms with Crippen LogP contribution in [0.25, 0.3) is 0 Å². The van der Waals surface area contributed by atoms with Crippen LogP contribution >= 0.6 is 11.8 Å². The Kier molecular flexibility index (Phi) is 6.35. The second-order valence-corrected chi connectivity index (χ2v) is 7.99. The van der Waals surface area contributed by atoms with Crippen molar-refractivity contribution in [2.24, 2.45) is 7.05 Å². The molecular formula is C22H25N5O2S. The molecule has 0 spiro atoms. The molecule has 1 aliphatic heterocycles. The minimum atomic E-state index is -0.0362. The zero-order chi connectivity index (χ0) is 20.9. The average molecular weight is 424 g/mol. The molecule has 0 bridgehead atoms. The van der Waals surface area contributed by atoms with E-state index in [1.807, 2.05) is 72.5 Å². The fourth-order valence-electron chi connectivity index (χ4n) is 3.72. The van der Waals surface area contributed by atoms with Crippen LogP contribution in [0.5, 0.6) is 11.5 Å². The van der Waals surface area contributed by atoms with Crippen molar-refractivity contribution in [2.75, 3.05) is 24.7 Å². The number of para-hydroxylation sites is 1. The minimum Gasteiger partial charge on any atom is -0.457 e. The summed E-state index contributed by atoms with van der Waals surface area (Å²) >= 11 is 1.57. The van der Waals surface area contributed by atoms with Crippen molar-refractivity contribution in [3.63, 3.8) is 0 Å². The van der Waals surface area contributed by atoms with Crippen LogP contribution in [0.2, 0.25) is 0 Å². The molecule has 1 aromatic heterocycles. The smallest absolute Gasteiger partial charge is 0.238 e. The molecule has 1 atom stereocenters. The average Bonchev–Trinajstić information content (AvgIpc) is 3.35. The first kappa shape index (κ1) is 20.4. The van der Waals surface area contributed by atoms with Crippen molar-refractivity contribution in [3.05, 3.63) is 60.4 Å². The van der Waals surface area contributed by atoms with Crippen molar-refractivity contribution < 1.29 is 9.53 Å². The number of amides is 1. The van der Waals surface area contributed by atoms with Gasteiger partial charge in [-0.1, -0.05) is 30.0 Å². The SMILES string of the molecule is CSc1nnc([C@H]2CCCN2CC(=O)Nc2ccc(Oc3ccccc3)cc2)n1C. The number of ether oxygens (including phenoxy) is 1. The van der Waals surface area contributed by atoms with Crippen LogP contribution in [-0.2, 0) is 11.8 Å². The van der Waals surface area contributed by atoms with Crippen LogP contribution in [0.1, 0.15) is 24.7 Å². The van der Waals surface area contributed by atoms with Gasteiger partial charge in [-0.15, -0.1) is 10.2 Å². The number of likely N-dealkylation sites (tertiary alicyclic amines) is 1. The van der Waals surface area contributed by atoms with Gasteiger partial charge in [0, 0.05) is 12.7 Å². The summed E-state index contributed by atoms with van der Waals surface area (Å²) in [7, 11) is 1.98. The molecule has 7 nitrogen and oxygen atoms in total. The molecule has 1 N–H and O–H groups in total. The number of nitrogens with zero attached hydrogens (tertiary/aromatic N) is 4. The Morgan fingerprint density at radius 2 is 1.87 bits per heavy atom. The van der Waals surface area contributed by atoms with E-state index in [4.69, 9.17) is 4.74 Å². The largest absolute Gasteiger partial charge is 0.457 e. The Morgan fingerprint density at radius 1 is 1.13 bits per heavy atom. The van der Waals surface area contributed by atoms with Crippen molar-refractivity contribution in [2.45, 2.75) is 24.0 Å². The Hall–Kier alpha value is -2.84. The summed E-state index contributed by atoms with van der Waals surface area (Å²) in [6, 6.07) is 17.1. The Balaban J connectivity index is 1.35. The maximum Gasteiger partial charge on any atom is 0.238 e. The summed E-state index contributed by atoms with van der Waals surface area (Å²) in [5.41, 5.74) is 0.750. The summed E-state index contributed by atoms with van der Waals surface area (Å²) in [6.45, 7) is 1.21. The predicted molar refractivity (Wildman–Crippen MR) is 118 cm³/mol. The molecule has 2 aromatic carbocycles. The summed E-state index contributed by atoms with van der Waals surface area (Å²) in [5.74, 6) is 2.39. The van der Waals surface area contributed by atoms with E-state index in [1.54, 1.807) is 11.8 Å². The molecule has 8 heteroatoms. The summed E-state index contributed by atoms with van der Waals surface area (Å²) < 4.78 is 7.82. The molecule has 0 radical (unpaired) electrons. The molecule has 0 saturated carbocycles. The fourth-order valence-corrected chi connectivity index (χ4v) is 4.21. The number of carbonyl (C=O) groups excluding carboxylic acids is 1. The molecule has 30 heavy (non-hydrogen) atoms. The number of hydrogen-bond acceptors (Lipinski definition) is 6. The van der Waals surface area contributed by atoms with Crippen LogP contribution < -0.4 is 10.1 Å². The molecule has 1 aliphatic rings. The normalized spacial score (nSPS) is 16.5. The van der Waals surface area contributed by atoms with E-state index in [9.17, 15) is 4.79 Å². The van der Waals surface area contributed by atoms with E-state index in [-0.39, 0.29) is 11.9 Å². The molecule has 3 aromatic rings. The van der Waals surface area contributed by atoms with Crippen molar-refractivity contribution >= 4 is 23.4 Å². The molecule has 0 unspecified atom stereocenters. The summed E-state index contributed by atoms with van der Waals surface area (Å²) in [4.78, 5) is 14.8. The zero-order valence-electron chi connectivity index (χ0n) is 17.1.